The zero-order valence-electron chi connectivity index (χ0n) is 14.6. The van der Waals surface area contributed by atoms with Gasteiger partial charge in [0.15, 0.2) is 11.5 Å². The van der Waals surface area contributed by atoms with Crippen molar-refractivity contribution in [1.29, 1.82) is 0 Å². The maximum absolute atomic E-state index is 12.6. The van der Waals surface area contributed by atoms with Crippen LogP contribution >= 0.6 is 0 Å². The van der Waals surface area contributed by atoms with Crippen molar-refractivity contribution in [3.05, 3.63) is 23.7 Å². The maximum Gasteiger partial charge on any atom is 0.227 e. The molecular weight excluding hydrogens is 320 g/mol. The van der Waals surface area contributed by atoms with Crippen LogP contribution in [0.25, 0.3) is 5.65 Å². The lowest BCUT2D eigenvalue weighted by Gasteiger charge is -2.32. The van der Waals surface area contributed by atoms with Gasteiger partial charge in [0.2, 0.25) is 11.8 Å². The van der Waals surface area contributed by atoms with Crippen LogP contribution in [0.5, 0.6) is 0 Å². The number of piperidine rings is 1. The average Bonchev–Trinajstić information content (AvgIpc) is 3.17. The van der Waals surface area contributed by atoms with Gasteiger partial charge in [-0.05, 0) is 31.9 Å². The molecule has 4 heterocycles. The van der Waals surface area contributed by atoms with Crippen molar-refractivity contribution in [2.24, 2.45) is 5.92 Å². The molecular formula is C17H22N6O2. The minimum Gasteiger partial charge on any atom is -0.345 e. The van der Waals surface area contributed by atoms with Gasteiger partial charge >= 0.3 is 0 Å². The van der Waals surface area contributed by atoms with Gasteiger partial charge in [0.05, 0.1) is 11.6 Å². The molecule has 0 bridgehead atoms. The molecule has 8 nitrogen and oxygen atoms in total. The summed E-state index contributed by atoms with van der Waals surface area (Å²) in [6.07, 6.45) is 2.03. The van der Waals surface area contributed by atoms with Gasteiger partial charge in [-0.3, -0.25) is 9.59 Å². The van der Waals surface area contributed by atoms with Crippen LogP contribution in [0.1, 0.15) is 36.7 Å². The van der Waals surface area contributed by atoms with Crippen molar-refractivity contribution in [3.63, 3.8) is 0 Å². The number of likely N-dealkylation sites (tertiary alicyclic amines) is 2. The van der Waals surface area contributed by atoms with Gasteiger partial charge in [-0.1, -0.05) is 0 Å². The SMILES string of the molecule is Cc1ccc2nnc(C3CCN(C(=O)C4CC(=O)N(C)C4)CC3)n2n1. The Morgan fingerprint density at radius 2 is 1.96 bits per heavy atom. The molecule has 4 rings (SSSR count). The highest BCUT2D eigenvalue weighted by Gasteiger charge is 2.36. The van der Waals surface area contributed by atoms with Crippen LogP contribution in [0.2, 0.25) is 0 Å². The minimum absolute atomic E-state index is 0.0598. The smallest absolute Gasteiger partial charge is 0.227 e. The predicted octanol–water partition coefficient (Wildman–Crippen LogP) is 0.617. The highest BCUT2D eigenvalue weighted by molar-refractivity contribution is 5.89. The molecule has 2 aliphatic rings. The zero-order chi connectivity index (χ0) is 17.6. The number of carbonyl (C=O) groups is 2. The Bertz CT molecular complexity index is 824. The van der Waals surface area contributed by atoms with Crippen LogP contribution in [-0.4, -0.2) is 68.1 Å². The molecule has 0 radical (unpaired) electrons. The van der Waals surface area contributed by atoms with Crippen LogP contribution in [0.4, 0.5) is 0 Å². The molecule has 0 saturated carbocycles. The van der Waals surface area contributed by atoms with Gasteiger partial charge in [0.25, 0.3) is 0 Å². The second kappa shape index (κ2) is 6.09. The topological polar surface area (TPSA) is 83.7 Å². The van der Waals surface area contributed by atoms with Crippen LogP contribution in [-0.2, 0) is 9.59 Å². The fraction of sp³-hybridized carbons (Fsp3) is 0.588. The highest BCUT2D eigenvalue weighted by atomic mass is 16.2. The fourth-order valence-corrected chi connectivity index (χ4v) is 3.80. The molecule has 0 aliphatic carbocycles. The Balaban J connectivity index is 1.43. The monoisotopic (exact) mass is 342 g/mol. The van der Waals surface area contributed by atoms with Crippen molar-refractivity contribution in [1.82, 2.24) is 29.6 Å². The lowest BCUT2D eigenvalue weighted by Crippen LogP contribution is -2.42. The first kappa shape index (κ1) is 16.0. The third-order valence-corrected chi connectivity index (χ3v) is 5.28. The standard InChI is InChI=1S/C17H22N6O2/c1-11-3-4-14-18-19-16(23(14)20-11)12-5-7-22(8-6-12)17(25)13-9-15(24)21(2)10-13/h3-4,12-13H,5-10H2,1-2H3. The Kier molecular flexibility index (Phi) is 3.89. The van der Waals surface area contributed by atoms with Gasteiger partial charge in [-0.25, -0.2) is 0 Å². The largest absolute Gasteiger partial charge is 0.345 e. The van der Waals surface area contributed by atoms with Crippen molar-refractivity contribution in [2.75, 3.05) is 26.7 Å². The molecule has 132 valence electrons. The molecule has 1 atom stereocenters. The van der Waals surface area contributed by atoms with E-state index in [4.69, 9.17) is 0 Å². The lowest BCUT2D eigenvalue weighted by molar-refractivity contribution is -0.136. The number of hydrogen-bond acceptors (Lipinski definition) is 5. The summed E-state index contributed by atoms with van der Waals surface area (Å²) in [7, 11) is 1.76. The summed E-state index contributed by atoms with van der Waals surface area (Å²) in [5.41, 5.74) is 1.68. The average molecular weight is 342 g/mol. The van der Waals surface area contributed by atoms with Gasteiger partial charge in [0.1, 0.15) is 0 Å². The van der Waals surface area contributed by atoms with Gasteiger partial charge in [-0.2, -0.15) is 9.61 Å². The van der Waals surface area contributed by atoms with E-state index in [0.29, 0.717) is 26.1 Å². The molecule has 2 aliphatic heterocycles. The summed E-state index contributed by atoms with van der Waals surface area (Å²) in [5.74, 6) is 1.11. The number of hydrogen-bond donors (Lipinski definition) is 0. The van der Waals surface area contributed by atoms with E-state index in [1.54, 1.807) is 11.9 Å². The zero-order valence-corrected chi connectivity index (χ0v) is 14.6. The van der Waals surface area contributed by atoms with Crippen LogP contribution < -0.4 is 0 Å². The summed E-state index contributed by atoms with van der Waals surface area (Å²) in [4.78, 5) is 27.8. The molecule has 0 aromatic carbocycles. The molecule has 0 spiro atoms. The molecule has 8 heteroatoms. The molecule has 25 heavy (non-hydrogen) atoms. The Labute approximate surface area is 145 Å². The first-order chi connectivity index (χ1) is 12.0. The Hall–Kier alpha value is -2.51. The van der Waals surface area contributed by atoms with E-state index in [9.17, 15) is 9.59 Å². The second-order valence-corrected chi connectivity index (χ2v) is 7.08. The number of nitrogens with zero attached hydrogens (tertiary/aromatic N) is 6. The van der Waals surface area contributed by atoms with E-state index >= 15 is 0 Å². The summed E-state index contributed by atoms with van der Waals surface area (Å²) in [6.45, 7) is 3.87. The molecule has 2 aromatic heterocycles. The molecule has 2 aromatic rings. The van der Waals surface area contributed by atoms with Crippen molar-refractivity contribution in [3.8, 4) is 0 Å². The third kappa shape index (κ3) is 2.85. The normalized spacial score (nSPS) is 22.2. The summed E-state index contributed by atoms with van der Waals surface area (Å²) in [5, 5.41) is 13.0. The first-order valence-electron chi connectivity index (χ1n) is 8.74. The Morgan fingerprint density at radius 1 is 1.20 bits per heavy atom. The quantitative estimate of drug-likeness (QED) is 0.799. The van der Waals surface area contributed by atoms with Crippen LogP contribution in [0.3, 0.4) is 0 Å². The van der Waals surface area contributed by atoms with Crippen molar-refractivity contribution >= 4 is 17.5 Å². The highest BCUT2D eigenvalue weighted by Crippen LogP contribution is 2.28. The number of fused-ring (bicyclic) bond motifs is 1. The Morgan fingerprint density at radius 3 is 2.64 bits per heavy atom. The summed E-state index contributed by atoms with van der Waals surface area (Å²) in [6, 6.07) is 3.85. The van der Waals surface area contributed by atoms with Gasteiger partial charge in [0, 0.05) is 39.0 Å². The van der Waals surface area contributed by atoms with Gasteiger partial charge < -0.3 is 9.80 Å². The predicted molar refractivity (Wildman–Crippen MR) is 89.8 cm³/mol. The molecule has 0 N–H and O–H groups in total. The van der Waals surface area contributed by atoms with Crippen LogP contribution in [0, 0.1) is 12.8 Å². The number of rotatable bonds is 2. The third-order valence-electron chi connectivity index (χ3n) is 5.28. The number of amides is 2. The molecule has 2 amide bonds. The minimum atomic E-state index is -0.188. The fourth-order valence-electron chi connectivity index (χ4n) is 3.80. The number of carbonyl (C=O) groups excluding carboxylic acids is 2. The van der Waals surface area contributed by atoms with E-state index in [-0.39, 0.29) is 23.7 Å². The van der Waals surface area contributed by atoms with E-state index in [1.165, 1.54) is 0 Å². The maximum atomic E-state index is 12.6. The summed E-state index contributed by atoms with van der Waals surface area (Å²) < 4.78 is 1.82. The summed E-state index contributed by atoms with van der Waals surface area (Å²) >= 11 is 0. The first-order valence-corrected chi connectivity index (χ1v) is 8.74. The molecule has 1 unspecified atom stereocenters. The van der Waals surface area contributed by atoms with E-state index in [2.05, 4.69) is 15.3 Å². The van der Waals surface area contributed by atoms with Crippen LogP contribution in [0.15, 0.2) is 12.1 Å². The molecule has 2 saturated heterocycles. The van der Waals surface area contributed by atoms with E-state index in [1.807, 2.05) is 28.5 Å². The number of aryl methyl sites for hydroxylation is 1. The van der Waals surface area contributed by atoms with Crippen molar-refractivity contribution < 1.29 is 9.59 Å². The van der Waals surface area contributed by atoms with E-state index in [0.717, 1.165) is 30.0 Å². The van der Waals surface area contributed by atoms with Crippen molar-refractivity contribution in [2.45, 2.75) is 32.1 Å². The lowest BCUT2D eigenvalue weighted by atomic mass is 9.94. The van der Waals surface area contributed by atoms with Gasteiger partial charge in [-0.15, -0.1) is 10.2 Å². The second-order valence-electron chi connectivity index (χ2n) is 7.08. The van der Waals surface area contributed by atoms with E-state index < -0.39 is 0 Å². The number of aromatic nitrogens is 4. The molecule has 2 fully saturated rings.